The van der Waals surface area contributed by atoms with Gasteiger partial charge in [0.1, 0.15) is 22.3 Å². The van der Waals surface area contributed by atoms with Gasteiger partial charge in [-0.05, 0) is 91.3 Å². The molecule has 0 aliphatic carbocycles. The Bertz CT molecular complexity index is 3670. The van der Waals surface area contributed by atoms with E-state index in [1.54, 1.807) is 30.3 Å². The summed E-state index contributed by atoms with van der Waals surface area (Å²) in [6.45, 7) is 0. The summed E-state index contributed by atoms with van der Waals surface area (Å²) < 4.78 is 164. The van der Waals surface area contributed by atoms with Gasteiger partial charge in [-0.25, -0.2) is 0 Å². The average Bonchev–Trinajstić information content (AvgIpc) is 3.85. The maximum Gasteiger partial charge on any atom is 0.136 e. The summed E-state index contributed by atoms with van der Waals surface area (Å²) in [5, 5.41) is 1.71. The lowest BCUT2D eigenvalue weighted by Crippen LogP contribution is -1.91. The molecule has 2 aromatic heterocycles. The molecule has 0 atom stereocenters. The maximum atomic E-state index is 9.57. The number of hydrogen-bond donors (Lipinski definition) is 0. The summed E-state index contributed by atoms with van der Waals surface area (Å²) in [7, 11) is 0. The Kier molecular flexibility index (Phi) is 2.93. The molecule has 0 radical (unpaired) electrons. The molecule has 0 aliphatic heterocycles. The minimum Gasteiger partial charge on any atom is -0.456 e. The molecule has 0 bridgehead atoms. The van der Waals surface area contributed by atoms with Crippen LogP contribution in [0.15, 0.2) is 166 Å². The minimum atomic E-state index is -0.885. The van der Waals surface area contributed by atoms with E-state index in [-0.39, 0.29) is 21.9 Å². The molecular weight excluding hydrogens is 560 g/mol. The predicted molar refractivity (Wildman–Crippen MR) is 192 cm³/mol. The summed E-state index contributed by atoms with van der Waals surface area (Å²) >= 11 is 0. The lowest BCUT2D eigenvalue weighted by Gasteiger charge is -2.18. The van der Waals surface area contributed by atoms with Crippen molar-refractivity contribution in [3.8, 4) is 33.4 Å². The Morgan fingerprint density at radius 2 is 0.913 bits per heavy atom. The molecule has 46 heavy (non-hydrogen) atoms. The molecular formula is C44H26O2. The lowest BCUT2D eigenvalue weighted by atomic mass is 9.85. The van der Waals surface area contributed by atoms with Crippen LogP contribution in [0.2, 0.25) is 0 Å². The van der Waals surface area contributed by atoms with Gasteiger partial charge in [-0.1, -0.05) is 121 Å². The highest BCUT2D eigenvalue weighted by Crippen LogP contribution is 2.46. The van der Waals surface area contributed by atoms with Crippen LogP contribution in [-0.4, -0.2) is 0 Å². The predicted octanol–water partition coefficient (Wildman–Crippen LogP) is 12.8. The number of fused-ring (bicyclic) bond motifs is 9. The highest BCUT2D eigenvalue weighted by atomic mass is 16.3. The summed E-state index contributed by atoms with van der Waals surface area (Å²) in [5.74, 6) is 0. The molecule has 0 N–H and O–H groups in total. The summed E-state index contributed by atoms with van der Waals surface area (Å²) in [5.41, 5.74) is -0.150. The molecule has 214 valence electrons. The fourth-order valence-electron chi connectivity index (χ4n) is 6.37. The van der Waals surface area contributed by atoms with Crippen molar-refractivity contribution < 1.29 is 32.1 Å². The van der Waals surface area contributed by atoms with E-state index in [0.717, 1.165) is 16.2 Å². The number of para-hydroxylation sites is 1. The van der Waals surface area contributed by atoms with Gasteiger partial charge < -0.3 is 8.83 Å². The number of hydrogen-bond acceptors (Lipinski definition) is 2. The van der Waals surface area contributed by atoms with E-state index in [9.17, 15) is 8.22 Å². The minimum absolute atomic E-state index is 0.0591. The molecule has 2 heterocycles. The van der Waals surface area contributed by atoms with Crippen molar-refractivity contribution in [3.63, 3.8) is 0 Å². The number of furan rings is 2. The van der Waals surface area contributed by atoms with E-state index < -0.39 is 136 Å². The first kappa shape index (κ1) is 13.9. The van der Waals surface area contributed by atoms with Crippen molar-refractivity contribution in [3.05, 3.63) is 157 Å². The van der Waals surface area contributed by atoms with Gasteiger partial charge >= 0.3 is 0 Å². The Morgan fingerprint density at radius 3 is 1.61 bits per heavy atom. The van der Waals surface area contributed by atoms with E-state index >= 15 is 0 Å². The lowest BCUT2D eigenvalue weighted by molar-refractivity contribution is 0.663. The second-order valence-electron chi connectivity index (χ2n) is 10.7. The van der Waals surface area contributed by atoms with E-state index in [2.05, 4.69) is 0 Å². The van der Waals surface area contributed by atoms with E-state index in [4.69, 9.17) is 23.9 Å². The molecule has 0 saturated carbocycles. The molecule has 10 aromatic rings. The van der Waals surface area contributed by atoms with Gasteiger partial charge in [0.05, 0.1) is 23.3 Å². The molecule has 0 saturated heterocycles. The second kappa shape index (κ2) is 9.69. The average molecular weight is 604 g/mol. The Labute approximate surface area is 288 Å². The first-order valence-corrected chi connectivity index (χ1v) is 14.3. The Morgan fingerprint density at radius 1 is 0.370 bits per heavy atom. The van der Waals surface area contributed by atoms with Crippen molar-refractivity contribution in [2.45, 2.75) is 0 Å². The molecule has 10 rings (SSSR count). The van der Waals surface area contributed by atoms with Gasteiger partial charge in [0.25, 0.3) is 0 Å². The van der Waals surface area contributed by atoms with Crippen LogP contribution in [0, 0.1) is 0 Å². The van der Waals surface area contributed by atoms with Crippen molar-refractivity contribution in [1.29, 1.82) is 0 Å². The van der Waals surface area contributed by atoms with Crippen LogP contribution in [0.25, 0.3) is 98.8 Å². The van der Waals surface area contributed by atoms with Gasteiger partial charge in [-0.2, -0.15) is 0 Å². The summed E-state index contributed by atoms with van der Waals surface area (Å²) in [6, 6.07) is 2.90. The number of benzene rings is 8. The third-order valence-electron chi connectivity index (χ3n) is 8.26. The van der Waals surface area contributed by atoms with Crippen molar-refractivity contribution in [1.82, 2.24) is 0 Å². The van der Waals surface area contributed by atoms with Crippen LogP contribution in [0.4, 0.5) is 0 Å². The molecule has 2 heteroatoms. The monoisotopic (exact) mass is 603 g/mol. The highest BCUT2D eigenvalue weighted by molar-refractivity contribution is 6.27. The third kappa shape index (κ3) is 3.65. The van der Waals surface area contributed by atoms with E-state index in [1.807, 2.05) is 24.3 Å². The van der Waals surface area contributed by atoms with Crippen molar-refractivity contribution in [2.24, 2.45) is 0 Å². The summed E-state index contributed by atoms with van der Waals surface area (Å²) in [4.78, 5) is 0. The van der Waals surface area contributed by atoms with Crippen molar-refractivity contribution >= 4 is 65.4 Å². The Hall–Kier alpha value is -6.12. The van der Waals surface area contributed by atoms with Crippen molar-refractivity contribution in [2.75, 3.05) is 0 Å². The van der Waals surface area contributed by atoms with Gasteiger partial charge in [0, 0.05) is 21.5 Å². The molecule has 0 amide bonds. The molecule has 2 nitrogen and oxygen atoms in total. The van der Waals surface area contributed by atoms with E-state index in [1.165, 1.54) is 0 Å². The van der Waals surface area contributed by atoms with Gasteiger partial charge in [-0.15, -0.1) is 0 Å². The zero-order valence-corrected chi connectivity index (χ0v) is 23.5. The van der Waals surface area contributed by atoms with Crippen LogP contribution in [0.3, 0.4) is 0 Å². The van der Waals surface area contributed by atoms with Gasteiger partial charge in [0.15, 0.2) is 0 Å². The number of rotatable bonds is 3. The zero-order chi connectivity index (χ0) is 45.0. The molecule has 0 aliphatic rings. The van der Waals surface area contributed by atoms with Crippen LogP contribution in [-0.2, 0) is 0 Å². The first-order valence-electron chi connectivity index (χ1n) is 22.8. The largest absolute Gasteiger partial charge is 0.456 e. The van der Waals surface area contributed by atoms with Crippen LogP contribution >= 0.6 is 0 Å². The normalized spacial score (nSPS) is 17.1. The van der Waals surface area contributed by atoms with Crippen LogP contribution in [0.5, 0.6) is 0 Å². The molecule has 0 fully saturated rings. The van der Waals surface area contributed by atoms with Gasteiger partial charge in [-0.3, -0.25) is 0 Å². The third-order valence-corrected chi connectivity index (χ3v) is 8.26. The smallest absolute Gasteiger partial charge is 0.136 e. The maximum absolute atomic E-state index is 9.57. The van der Waals surface area contributed by atoms with Crippen LogP contribution < -0.4 is 0 Å². The molecule has 8 aromatic carbocycles. The highest BCUT2D eigenvalue weighted by Gasteiger charge is 2.20. The topological polar surface area (TPSA) is 26.3 Å². The SMILES string of the molecule is [2H]c1c([2H])c([2H])c(-c2c([2H])c([2H])c([2H])c(-c3c4c([2H])c([2H])c([2H])c([2H])c4c(-c4ccc5c(c4)oc4ccc6oc7ccccc7c6c45)c4c([2H])c([2H])c([2H])c([2H])c34)c2[2H])c([2H])c1[2H]. The standard InChI is InChI=1S/C44H26O2/c1-2-11-27(12-3-1)28-13-10-14-29(25-28)41-31-15-4-6-17-33(31)42(34-18-7-5-16-32(34)41)30-21-22-36-40(26-30)46-39-24-23-38-43(44(36)39)35-19-8-9-20-37(35)45-38/h1-26H/i1D,2D,3D,4D,5D,6D,7D,10D,11D,12D,13D,14D,15D,16D,17D,18D,25D. The quantitative estimate of drug-likeness (QED) is 0.188. The molecule has 0 spiro atoms. The fourth-order valence-corrected chi connectivity index (χ4v) is 6.37. The summed E-state index contributed by atoms with van der Waals surface area (Å²) in [6.07, 6.45) is 0. The van der Waals surface area contributed by atoms with Crippen LogP contribution in [0.1, 0.15) is 23.3 Å². The zero-order valence-electron chi connectivity index (χ0n) is 40.5. The molecule has 0 unspecified atom stereocenters. The second-order valence-corrected chi connectivity index (χ2v) is 10.7. The fraction of sp³-hybridized carbons (Fsp3) is 0. The first-order chi connectivity index (χ1) is 29.9. The van der Waals surface area contributed by atoms with Gasteiger partial charge in [0.2, 0.25) is 0 Å². The van der Waals surface area contributed by atoms with E-state index in [0.29, 0.717) is 27.7 Å². The Balaban J connectivity index is 1.41.